The van der Waals surface area contributed by atoms with Crippen molar-refractivity contribution in [2.24, 2.45) is 5.92 Å². The van der Waals surface area contributed by atoms with E-state index in [1.54, 1.807) is 4.90 Å². The summed E-state index contributed by atoms with van der Waals surface area (Å²) in [5, 5.41) is 14.1. The normalized spacial score (nSPS) is 22.4. The summed E-state index contributed by atoms with van der Waals surface area (Å²) in [5.74, 6) is -0.335. The molecule has 2 heterocycles. The van der Waals surface area contributed by atoms with Gasteiger partial charge in [-0.15, -0.1) is 0 Å². The molecule has 2 atom stereocenters. The molecule has 1 unspecified atom stereocenters. The first-order valence-corrected chi connectivity index (χ1v) is 13.3. The number of aliphatic hydroxyl groups excluding tert-OH is 1. The maximum absolute atomic E-state index is 13.2. The molecule has 0 spiro atoms. The lowest BCUT2D eigenvalue weighted by atomic mass is 9.87. The van der Waals surface area contributed by atoms with Crippen LogP contribution in [-0.4, -0.2) is 59.0 Å². The summed E-state index contributed by atoms with van der Waals surface area (Å²) in [7, 11) is 1.41. The van der Waals surface area contributed by atoms with Crippen LogP contribution in [0.4, 0.5) is 11.7 Å². The number of aliphatic hydroxyl groups is 1. The van der Waals surface area contributed by atoms with Crippen molar-refractivity contribution in [3.63, 3.8) is 0 Å². The van der Waals surface area contributed by atoms with E-state index in [1.165, 1.54) is 7.11 Å². The predicted octanol–water partition coefficient (Wildman–Crippen LogP) is 4.48. The van der Waals surface area contributed by atoms with Crippen LogP contribution >= 0.6 is 0 Å². The minimum atomic E-state index is -1.05. The Morgan fingerprint density at radius 1 is 1.16 bits per heavy atom. The van der Waals surface area contributed by atoms with Crippen molar-refractivity contribution in [1.29, 1.82) is 0 Å². The number of hydrogen-bond acceptors (Lipinski definition) is 8. The molecule has 1 amide bonds. The van der Waals surface area contributed by atoms with E-state index in [1.807, 2.05) is 49.4 Å². The number of nitrogens with one attached hydrogen (secondary N) is 1. The number of methoxy groups -OCH3 is 1. The van der Waals surface area contributed by atoms with Gasteiger partial charge in [-0.3, -0.25) is 9.59 Å². The molecule has 2 aromatic carbocycles. The Hall–Kier alpha value is -3.43. The predicted molar refractivity (Wildman–Crippen MR) is 142 cm³/mol. The van der Waals surface area contributed by atoms with E-state index in [-0.39, 0.29) is 36.4 Å². The van der Waals surface area contributed by atoms with E-state index >= 15 is 0 Å². The lowest BCUT2D eigenvalue weighted by molar-refractivity contribution is -0.181. The van der Waals surface area contributed by atoms with Crippen molar-refractivity contribution in [2.45, 2.75) is 70.3 Å². The van der Waals surface area contributed by atoms with Gasteiger partial charge < -0.3 is 29.2 Å². The molecule has 0 radical (unpaired) electrons. The summed E-state index contributed by atoms with van der Waals surface area (Å²) in [4.78, 5) is 31.3. The standard InChI is InChI=1S/C29H35N3O6/c1-18-6-3-4-7-22(18)30-29-31-23-14-9-19(16-25(23)38-29)17-26(33)32-15-5-8-24(32)28(35)37-21-12-10-20(11-13-21)27(34)36-2/h3-4,6-7,9,14,16,20-21,24,28,35H,5,8,10-13,15,17H2,1-2H3,(H,30,31)/t20?,21?,24-,28?/m0/s1. The number of esters is 1. The zero-order valence-corrected chi connectivity index (χ0v) is 21.9. The Balaban J connectivity index is 1.18. The van der Waals surface area contributed by atoms with E-state index in [2.05, 4.69) is 10.3 Å². The summed E-state index contributed by atoms with van der Waals surface area (Å²) in [5.41, 5.74) is 4.15. The first kappa shape index (κ1) is 26.2. The van der Waals surface area contributed by atoms with Gasteiger partial charge in [0.25, 0.3) is 6.01 Å². The Kier molecular flexibility index (Phi) is 7.95. The molecular formula is C29H35N3O6. The molecule has 202 valence electrons. The lowest BCUT2D eigenvalue weighted by Gasteiger charge is -2.33. The van der Waals surface area contributed by atoms with Crippen LogP contribution < -0.4 is 5.32 Å². The first-order valence-electron chi connectivity index (χ1n) is 13.3. The molecule has 2 aliphatic rings. The molecule has 9 nitrogen and oxygen atoms in total. The fraction of sp³-hybridized carbons (Fsp3) is 0.483. The number of aryl methyl sites for hydroxylation is 1. The number of amides is 1. The Labute approximate surface area is 222 Å². The van der Waals surface area contributed by atoms with Crippen molar-refractivity contribution in [3.8, 4) is 0 Å². The molecule has 3 aromatic rings. The second-order valence-electron chi connectivity index (χ2n) is 10.3. The summed E-state index contributed by atoms with van der Waals surface area (Å²) >= 11 is 0. The second kappa shape index (κ2) is 11.5. The molecule has 1 aliphatic carbocycles. The van der Waals surface area contributed by atoms with Gasteiger partial charge in [0.1, 0.15) is 5.52 Å². The Morgan fingerprint density at radius 3 is 2.71 bits per heavy atom. The van der Waals surface area contributed by atoms with E-state index in [4.69, 9.17) is 13.9 Å². The van der Waals surface area contributed by atoms with Crippen LogP contribution in [0.5, 0.6) is 0 Å². The summed E-state index contributed by atoms with van der Waals surface area (Å²) < 4.78 is 16.7. The van der Waals surface area contributed by atoms with Gasteiger partial charge in [0, 0.05) is 12.2 Å². The maximum Gasteiger partial charge on any atom is 0.308 e. The number of nitrogens with zero attached hydrogens (tertiary/aromatic N) is 2. The topological polar surface area (TPSA) is 114 Å². The van der Waals surface area contributed by atoms with E-state index in [0.717, 1.165) is 23.2 Å². The fourth-order valence-corrected chi connectivity index (χ4v) is 5.52. The summed E-state index contributed by atoms with van der Waals surface area (Å²) in [6.45, 7) is 2.60. The number of hydrogen-bond donors (Lipinski definition) is 2. The monoisotopic (exact) mass is 521 g/mol. The van der Waals surface area contributed by atoms with Crippen molar-refractivity contribution >= 4 is 34.7 Å². The SMILES string of the molecule is COC(=O)C1CCC(OC(O)[C@@H]2CCCN2C(=O)Cc2ccc3nc(Nc4ccccc4C)oc3c2)CC1. The zero-order valence-electron chi connectivity index (χ0n) is 21.9. The van der Waals surface area contributed by atoms with E-state index in [0.29, 0.717) is 55.8 Å². The van der Waals surface area contributed by atoms with Crippen molar-refractivity contribution in [2.75, 3.05) is 19.0 Å². The highest BCUT2D eigenvalue weighted by Gasteiger charge is 2.37. The van der Waals surface area contributed by atoms with Gasteiger partial charge in [-0.2, -0.15) is 4.98 Å². The number of likely N-dealkylation sites (tertiary alicyclic amines) is 1. The number of carbonyl (C=O) groups is 2. The Morgan fingerprint density at radius 2 is 1.95 bits per heavy atom. The molecule has 1 saturated carbocycles. The van der Waals surface area contributed by atoms with Gasteiger partial charge in [-0.1, -0.05) is 24.3 Å². The number of aromatic nitrogens is 1. The molecule has 1 aliphatic heterocycles. The smallest absolute Gasteiger partial charge is 0.308 e. The summed E-state index contributed by atoms with van der Waals surface area (Å²) in [6.07, 6.45) is 3.29. The number of anilines is 2. The molecule has 1 aromatic heterocycles. The van der Waals surface area contributed by atoms with Gasteiger partial charge in [-0.05, 0) is 74.8 Å². The van der Waals surface area contributed by atoms with Crippen LogP contribution in [-0.2, 0) is 25.5 Å². The number of oxazole rings is 1. The third-order valence-corrected chi connectivity index (χ3v) is 7.68. The van der Waals surface area contributed by atoms with Gasteiger partial charge in [0.05, 0.1) is 31.6 Å². The van der Waals surface area contributed by atoms with Crippen LogP contribution in [0.2, 0.25) is 0 Å². The molecule has 0 bridgehead atoms. The van der Waals surface area contributed by atoms with E-state index < -0.39 is 6.29 Å². The van der Waals surface area contributed by atoms with Crippen LogP contribution in [0.25, 0.3) is 11.1 Å². The largest absolute Gasteiger partial charge is 0.469 e. The molecule has 1 saturated heterocycles. The van der Waals surface area contributed by atoms with Crippen LogP contribution in [0.3, 0.4) is 0 Å². The molecule has 38 heavy (non-hydrogen) atoms. The minimum absolute atomic E-state index is 0.0540. The van der Waals surface area contributed by atoms with Gasteiger partial charge in [-0.25, -0.2) is 0 Å². The number of benzene rings is 2. The third kappa shape index (κ3) is 5.84. The first-order chi connectivity index (χ1) is 18.4. The number of rotatable bonds is 8. The molecule has 2 N–H and O–H groups in total. The minimum Gasteiger partial charge on any atom is -0.469 e. The lowest BCUT2D eigenvalue weighted by Crippen LogP contribution is -2.46. The quantitative estimate of drug-likeness (QED) is 0.329. The average molecular weight is 522 g/mol. The zero-order chi connectivity index (χ0) is 26.6. The molecular weight excluding hydrogens is 486 g/mol. The van der Waals surface area contributed by atoms with Crippen molar-refractivity contribution in [3.05, 3.63) is 53.6 Å². The third-order valence-electron chi connectivity index (χ3n) is 7.68. The maximum atomic E-state index is 13.2. The van der Waals surface area contributed by atoms with Gasteiger partial charge >= 0.3 is 5.97 Å². The average Bonchev–Trinajstić information content (AvgIpc) is 3.57. The highest BCUT2D eigenvalue weighted by molar-refractivity contribution is 5.82. The van der Waals surface area contributed by atoms with Crippen LogP contribution in [0.1, 0.15) is 49.7 Å². The van der Waals surface area contributed by atoms with Crippen molar-refractivity contribution < 1.29 is 28.6 Å². The molecule has 9 heteroatoms. The van der Waals surface area contributed by atoms with Crippen molar-refractivity contribution in [1.82, 2.24) is 9.88 Å². The van der Waals surface area contributed by atoms with E-state index in [9.17, 15) is 14.7 Å². The number of ether oxygens (including phenoxy) is 2. The highest BCUT2D eigenvalue weighted by Crippen LogP contribution is 2.30. The highest BCUT2D eigenvalue weighted by atomic mass is 16.6. The number of carbonyl (C=O) groups excluding carboxylic acids is 2. The second-order valence-corrected chi connectivity index (χ2v) is 10.3. The Bertz CT molecular complexity index is 1280. The number of para-hydroxylation sites is 1. The van der Waals surface area contributed by atoms with Gasteiger partial charge in [0.2, 0.25) is 5.91 Å². The molecule has 2 fully saturated rings. The fourth-order valence-electron chi connectivity index (χ4n) is 5.52. The van der Waals surface area contributed by atoms with Crippen LogP contribution in [0.15, 0.2) is 46.9 Å². The van der Waals surface area contributed by atoms with Crippen LogP contribution in [0, 0.1) is 12.8 Å². The number of fused-ring (bicyclic) bond motifs is 1. The molecule has 5 rings (SSSR count). The van der Waals surface area contributed by atoms with Gasteiger partial charge in [0.15, 0.2) is 11.9 Å². The summed E-state index contributed by atoms with van der Waals surface area (Å²) in [6, 6.07) is 13.5.